The minimum absolute atomic E-state index is 0.193. The lowest BCUT2D eigenvalue weighted by molar-refractivity contribution is -0.148. The molecule has 0 aliphatic rings. The minimum atomic E-state index is -1.33. The average Bonchev–Trinajstić information content (AvgIpc) is 2.50. The first-order valence-electron chi connectivity index (χ1n) is 6.54. The van der Waals surface area contributed by atoms with Crippen molar-refractivity contribution in [3.05, 3.63) is 54.4 Å². The summed E-state index contributed by atoms with van der Waals surface area (Å²) in [6.45, 7) is 3.51. The molecule has 0 saturated heterocycles. The van der Waals surface area contributed by atoms with Crippen LogP contribution in [0.25, 0.3) is 0 Å². The van der Waals surface area contributed by atoms with Gasteiger partial charge in [0.25, 0.3) is 0 Å². The third-order valence-electron chi connectivity index (χ3n) is 3.02. The Bertz CT molecular complexity index is 621. The van der Waals surface area contributed by atoms with Gasteiger partial charge in [-0.25, -0.2) is 9.18 Å². The molecule has 6 heteroatoms. The quantitative estimate of drug-likeness (QED) is 0.857. The van der Waals surface area contributed by atoms with Crippen molar-refractivity contribution in [3.8, 4) is 0 Å². The van der Waals surface area contributed by atoms with Crippen LogP contribution in [0.15, 0.2) is 42.9 Å². The zero-order chi connectivity index (χ0) is 15.3. The molecule has 0 aliphatic heterocycles. The summed E-state index contributed by atoms with van der Waals surface area (Å²) in [6, 6.07) is 6.10. The second kappa shape index (κ2) is 6.30. The van der Waals surface area contributed by atoms with Crippen LogP contribution in [-0.2, 0) is 15.1 Å². The van der Waals surface area contributed by atoms with Crippen molar-refractivity contribution in [2.24, 2.45) is 0 Å². The predicted octanol–water partition coefficient (Wildman–Crippen LogP) is 2.51. The summed E-state index contributed by atoms with van der Waals surface area (Å²) in [5, 5.41) is 2.87. The summed E-state index contributed by atoms with van der Waals surface area (Å²) in [7, 11) is 0. The van der Waals surface area contributed by atoms with Gasteiger partial charge in [0.2, 0.25) is 0 Å². The zero-order valence-corrected chi connectivity index (χ0v) is 11.8. The number of halogens is 1. The molecule has 0 radical (unpaired) electrons. The maximum absolute atomic E-state index is 13.8. The molecule has 1 heterocycles. The van der Waals surface area contributed by atoms with Crippen LogP contribution in [0.1, 0.15) is 19.5 Å². The van der Waals surface area contributed by atoms with Gasteiger partial charge >= 0.3 is 5.97 Å². The Hall–Kier alpha value is -2.50. The number of rotatable bonds is 5. The van der Waals surface area contributed by atoms with E-state index >= 15 is 0 Å². The van der Waals surface area contributed by atoms with Crippen LogP contribution in [0.5, 0.6) is 0 Å². The molecule has 1 atom stereocenters. The summed E-state index contributed by atoms with van der Waals surface area (Å²) in [4.78, 5) is 20.4. The maximum Gasteiger partial charge on any atom is 0.337 e. The number of ether oxygens (including phenoxy) is 1. The molecule has 1 aromatic heterocycles. The van der Waals surface area contributed by atoms with Crippen LogP contribution in [0.4, 0.5) is 10.1 Å². The number of esters is 1. The van der Waals surface area contributed by atoms with E-state index in [2.05, 4.69) is 15.3 Å². The van der Waals surface area contributed by atoms with E-state index in [-0.39, 0.29) is 12.3 Å². The predicted molar refractivity (Wildman–Crippen MR) is 76.0 cm³/mol. The molecule has 0 aliphatic carbocycles. The maximum atomic E-state index is 13.8. The molecule has 0 bridgehead atoms. The molecule has 0 fully saturated rings. The van der Waals surface area contributed by atoms with Gasteiger partial charge in [0.15, 0.2) is 5.54 Å². The number of aromatic nitrogens is 2. The van der Waals surface area contributed by atoms with Gasteiger partial charge in [-0.3, -0.25) is 9.97 Å². The summed E-state index contributed by atoms with van der Waals surface area (Å²) in [5.41, 5.74) is -0.780. The molecule has 110 valence electrons. The fourth-order valence-electron chi connectivity index (χ4n) is 1.88. The van der Waals surface area contributed by atoms with Crippen molar-refractivity contribution in [2.75, 3.05) is 11.9 Å². The third-order valence-corrected chi connectivity index (χ3v) is 3.02. The van der Waals surface area contributed by atoms with E-state index in [1.165, 1.54) is 24.7 Å². The highest BCUT2D eigenvalue weighted by Crippen LogP contribution is 2.27. The smallest absolute Gasteiger partial charge is 0.337 e. The van der Waals surface area contributed by atoms with Gasteiger partial charge in [-0.2, -0.15) is 0 Å². The number of hydrogen-bond acceptors (Lipinski definition) is 5. The normalized spacial score (nSPS) is 13.3. The molecule has 2 rings (SSSR count). The Morgan fingerprint density at radius 2 is 2.14 bits per heavy atom. The van der Waals surface area contributed by atoms with E-state index in [1.54, 1.807) is 32.0 Å². The van der Waals surface area contributed by atoms with Crippen molar-refractivity contribution >= 4 is 11.7 Å². The summed E-state index contributed by atoms with van der Waals surface area (Å²) in [6.07, 6.45) is 4.42. The Kier molecular flexibility index (Phi) is 4.47. The Morgan fingerprint density at radius 3 is 2.76 bits per heavy atom. The fraction of sp³-hybridized carbons (Fsp3) is 0.267. The lowest BCUT2D eigenvalue weighted by atomic mass is 9.97. The molecule has 0 amide bonds. The van der Waals surface area contributed by atoms with Gasteiger partial charge in [-0.1, -0.05) is 12.1 Å². The number of para-hydroxylation sites is 1. The molecule has 0 spiro atoms. The topological polar surface area (TPSA) is 64.1 Å². The number of nitrogens with zero attached hydrogens (tertiary/aromatic N) is 2. The minimum Gasteiger partial charge on any atom is -0.464 e. The molecule has 2 aromatic rings. The largest absolute Gasteiger partial charge is 0.464 e. The van der Waals surface area contributed by atoms with Crippen molar-refractivity contribution in [2.45, 2.75) is 19.4 Å². The van der Waals surface area contributed by atoms with E-state index in [0.29, 0.717) is 5.69 Å². The first kappa shape index (κ1) is 14.9. The fourth-order valence-corrected chi connectivity index (χ4v) is 1.88. The third kappa shape index (κ3) is 3.16. The van der Waals surface area contributed by atoms with Crippen LogP contribution in [0.3, 0.4) is 0 Å². The SMILES string of the molecule is CCOC(=O)C(C)(Nc1ccccc1F)c1cnccn1. The summed E-state index contributed by atoms with van der Waals surface area (Å²) < 4.78 is 18.9. The van der Waals surface area contributed by atoms with E-state index < -0.39 is 17.3 Å². The Balaban J connectivity index is 2.42. The van der Waals surface area contributed by atoms with E-state index in [0.717, 1.165) is 0 Å². The van der Waals surface area contributed by atoms with Gasteiger partial charge in [-0.15, -0.1) is 0 Å². The van der Waals surface area contributed by atoms with Crippen molar-refractivity contribution in [3.63, 3.8) is 0 Å². The first-order chi connectivity index (χ1) is 10.1. The van der Waals surface area contributed by atoms with Crippen LogP contribution in [0.2, 0.25) is 0 Å². The van der Waals surface area contributed by atoms with Crippen LogP contribution in [0, 0.1) is 5.82 Å². The second-order valence-corrected chi connectivity index (χ2v) is 4.54. The highest BCUT2D eigenvalue weighted by Gasteiger charge is 2.39. The Labute approximate surface area is 122 Å². The standard InChI is InChI=1S/C15H16FN3O2/c1-3-21-14(20)15(2,13-10-17-8-9-18-13)19-12-7-5-4-6-11(12)16/h4-10,19H,3H2,1-2H3. The lowest BCUT2D eigenvalue weighted by Gasteiger charge is -2.28. The number of carbonyl (C=O) groups excluding carboxylic acids is 1. The van der Waals surface area contributed by atoms with E-state index in [4.69, 9.17) is 4.74 Å². The Morgan fingerprint density at radius 1 is 1.38 bits per heavy atom. The van der Waals surface area contributed by atoms with Crippen LogP contribution in [-0.4, -0.2) is 22.5 Å². The van der Waals surface area contributed by atoms with Gasteiger partial charge in [0.1, 0.15) is 5.82 Å². The van der Waals surface area contributed by atoms with Crippen LogP contribution < -0.4 is 5.32 Å². The van der Waals surface area contributed by atoms with Crippen molar-refractivity contribution in [1.82, 2.24) is 9.97 Å². The van der Waals surface area contributed by atoms with E-state index in [1.807, 2.05) is 0 Å². The highest BCUT2D eigenvalue weighted by atomic mass is 19.1. The average molecular weight is 289 g/mol. The lowest BCUT2D eigenvalue weighted by Crippen LogP contribution is -2.43. The van der Waals surface area contributed by atoms with Gasteiger partial charge in [0.05, 0.1) is 24.2 Å². The number of nitrogens with one attached hydrogen (secondary N) is 1. The number of anilines is 1. The van der Waals surface area contributed by atoms with Crippen LogP contribution >= 0.6 is 0 Å². The number of carbonyl (C=O) groups is 1. The zero-order valence-electron chi connectivity index (χ0n) is 11.8. The van der Waals surface area contributed by atoms with Gasteiger partial charge in [-0.05, 0) is 26.0 Å². The van der Waals surface area contributed by atoms with E-state index in [9.17, 15) is 9.18 Å². The molecular formula is C15H16FN3O2. The first-order valence-corrected chi connectivity index (χ1v) is 6.54. The second-order valence-electron chi connectivity index (χ2n) is 4.54. The molecule has 5 nitrogen and oxygen atoms in total. The summed E-state index contributed by atoms with van der Waals surface area (Å²) in [5.74, 6) is -1.01. The molecule has 1 aromatic carbocycles. The van der Waals surface area contributed by atoms with Crippen molar-refractivity contribution in [1.29, 1.82) is 0 Å². The molecule has 1 unspecified atom stereocenters. The van der Waals surface area contributed by atoms with Gasteiger partial charge < -0.3 is 10.1 Å². The summed E-state index contributed by atoms with van der Waals surface area (Å²) >= 11 is 0. The number of benzene rings is 1. The molecule has 1 N–H and O–H groups in total. The molecular weight excluding hydrogens is 273 g/mol. The highest BCUT2D eigenvalue weighted by molar-refractivity contribution is 5.85. The molecule has 0 saturated carbocycles. The van der Waals surface area contributed by atoms with Gasteiger partial charge in [0, 0.05) is 12.4 Å². The van der Waals surface area contributed by atoms with Crippen molar-refractivity contribution < 1.29 is 13.9 Å². The monoisotopic (exact) mass is 289 g/mol. The molecule has 21 heavy (non-hydrogen) atoms. The number of hydrogen-bond donors (Lipinski definition) is 1.